The van der Waals surface area contributed by atoms with E-state index in [0.29, 0.717) is 26.2 Å². The third-order valence-corrected chi connectivity index (χ3v) is 4.56. The van der Waals surface area contributed by atoms with Crippen LogP contribution in [0.4, 0.5) is 0 Å². The summed E-state index contributed by atoms with van der Waals surface area (Å²) in [4.78, 5) is 39.9. The molecule has 1 aromatic carbocycles. The summed E-state index contributed by atoms with van der Waals surface area (Å²) < 4.78 is 5.00. The van der Waals surface area contributed by atoms with E-state index in [2.05, 4.69) is 5.32 Å². The summed E-state index contributed by atoms with van der Waals surface area (Å²) in [6.45, 7) is 6.50. The van der Waals surface area contributed by atoms with Crippen molar-refractivity contribution in [1.82, 2.24) is 15.1 Å². The number of carbonyl (C=O) groups is 3. The van der Waals surface area contributed by atoms with Gasteiger partial charge in [0.05, 0.1) is 25.6 Å². The van der Waals surface area contributed by atoms with Gasteiger partial charge in [0, 0.05) is 33.1 Å². The highest BCUT2D eigenvalue weighted by Gasteiger charge is 2.24. The van der Waals surface area contributed by atoms with Gasteiger partial charge in [-0.2, -0.15) is 0 Å². The predicted molar refractivity (Wildman–Crippen MR) is 102 cm³/mol. The molecule has 1 N–H and O–H groups in total. The zero-order chi connectivity index (χ0) is 19.6. The number of rotatable bonds is 7. The summed E-state index contributed by atoms with van der Waals surface area (Å²) in [5, 5.41) is 2.87. The number of carbonyl (C=O) groups excluding carboxylic acids is 3. The lowest BCUT2D eigenvalue weighted by Crippen LogP contribution is -2.39. The highest BCUT2D eigenvalue weighted by atomic mass is 16.5. The van der Waals surface area contributed by atoms with E-state index in [1.165, 1.54) is 6.92 Å². The number of amides is 2. The minimum atomic E-state index is -0.338. The summed E-state index contributed by atoms with van der Waals surface area (Å²) in [5.74, 6) is -0.379. The topological polar surface area (TPSA) is 79.0 Å². The third kappa shape index (κ3) is 7.02. The first-order valence-electron chi connectivity index (χ1n) is 9.47. The van der Waals surface area contributed by atoms with E-state index in [4.69, 9.17) is 4.74 Å². The molecule has 1 fully saturated rings. The summed E-state index contributed by atoms with van der Waals surface area (Å²) in [6.07, 6.45) is 1.03. The van der Waals surface area contributed by atoms with Crippen LogP contribution in [-0.4, -0.2) is 66.9 Å². The normalized spacial score (nSPS) is 16.3. The lowest BCUT2D eigenvalue weighted by molar-refractivity contribution is -0.144. The summed E-state index contributed by atoms with van der Waals surface area (Å²) in [5.41, 5.74) is 0.916. The Morgan fingerprint density at radius 1 is 1.11 bits per heavy atom. The number of hydrogen-bond donors (Lipinski definition) is 1. The smallest absolute Gasteiger partial charge is 0.320 e. The van der Waals surface area contributed by atoms with Crippen molar-refractivity contribution in [3.63, 3.8) is 0 Å². The molecule has 0 radical (unpaired) electrons. The monoisotopic (exact) mass is 375 g/mol. The molecule has 0 aromatic heterocycles. The molecule has 0 bridgehead atoms. The second-order valence-electron chi connectivity index (χ2n) is 6.68. The number of esters is 1. The Labute approximate surface area is 160 Å². The van der Waals surface area contributed by atoms with E-state index in [0.717, 1.165) is 18.5 Å². The zero-order valence-corrected chi connectivity index (χ0v) is 16.1. The van der Waals surface area contributed by atoms with Gasteiger partial charge >= 0.3 is 5.97 Å². The third-order valence-electron chi connectivity index (χ3n) is 4.56. The van der Waals surface area contributed by atoms with Crippen molar-refractivity contribution < 1.29 is 19.1 Å². The van der Waals surface area contributed by atoms with E-state index < -0.39 is 0 Å². The number of hydrogen-bond acceptors (Lipinski definition) is 5. The minimum Gasteiger partial charge on any atom is -0.465 e. The molecule has 27 heavy (non-hydrogen) atoms. The van der Waals surface area contributed by atoms with Crippen LogP contribution in [0.15, 0.2) is 30.3 Å². The molecule has 1 aromatic rings. The first-order chi connectivity index (χ1) is 13.0. The molecular weight excluding hydrogens is 346 g/mol. The van der Waals surface area contributed by atoms with Gasteiger partial charge in [0.1, 0.15) is 0 Å². The number of nitrogens with zero attached hydrogens (tertiary/aromatic N) is 2. The molecule has 148 valence electrons. The van der Waals surface area contributed by atoms with Gasteiger partial charge in [0.15, 0.2) is 0 Å². The maximum atomic E-state index is 12.8. The maximum Gasteiger partial charge on any atom is 0.320 e. The first-order valence-corrected chi connectivity index (χ1v) is 9.47. The van der Waals surface area contributed by atoms with E-state index in [9.17, 15) is 14.4 Å². The molecule has 0 aliphatic carbocycles. The molecule has 1 heterocycles. The van der Waals surface area contributed by atoms with Crippen LogP contribution in [0.5, 0.6) is 0 Å². The predicted octanol–water partition coefficient (Wildman–Crippen LogP) is 1.35. The molecule has 1 saturated heterocycles. The van der Waals surface area contributed by atoms with Crippen molar-refractivity contribution in [3.8, 4) is 0 Å². The Morgan fingerprint density at radius 3 is 2.52 bits per heavy atom. The van der Waals surface area contributed by atoms with Crippen molar-refractivity contribution >= 4 is 17.8 Å². The molecule has 1 aliphatic heterocycles. The summed E-state index contributed by atoms with van der Waals surface area (Å²) in [7, 11) is 0. The van der Waals surface area contributed by atoms with E-state index in [1.807, 2.05) is 40.1 Å². The van der Waals surface area contributed by atoms with Gasteiger partial charge in [-0.05, 0) is 18.9 Å². The Balaban J connectivity index is 1.93. The van der Waals surface area contributed by atoms with E-state index in [1.54, 1.807) is 6.92 Å². The van der Waals surface area contributed by atoms with Gasteiger partial charge < -0.3 is 15.0 Å². The van der Waals surface area contributed by atoms with Crippen LogP contribution in [-0.2, 0) is 19.1 Å². The highest BCUT2D eigenvalue weighted by molar-refractivity contribution is 5.79. The van der Waals surface area contributed by atoms with Crippen LogP contribution in [0.3, 0.4) is 0 Å². The Hall–Kier alpha value is -2.41. The lowest BCUT2D eigenvalue weighted by atomic mass is 10.0. The largest absolute Gasteiger partial charge is 0.465 e. The molecule has 1 aliphatic rings. The summed E-state index contributed by atoms with van der Waals surface area (Å²) in [6, 6.07) is 9.19. The number of nitrogens with one attached hydrogen (secondary N) is 1. The van der Waals surface area contributed by atoms with Crippen LogP contribution in [0, 0.1) is 0 Å². The standard InChI is InChI=1S/C20H29N3O4/c1-3-27-20(26)15-22-10-7-11-23(13-12-22)19(25)14-18(21-16(2)24)17-8-5-4-6-9-17/h4-6,8-9,18H,3,7,10-15H2,1-2H3,(H,21,24). The maximum absolute atomic E-state index is 12.8. The fourth-order valence-corrected chi connectivity index (χ4v) is 3.25. The van der Waals surface area contributed by atoms with Gasteiger partial charge in [-0.1, -0.05) is 30.3 Å². The SMILES string of the molecule is CCOC(=O)CN1CCCN(C(=O)CC(NC(C)=O)c2ccccc2)CC1. The van der Waals surface area contributed by atoms with Crippen molar-refractivity contribution in [2.75, 3.05) is 39.3 Å². The van der Waals surface area contributed by atoms with Crippen molar-refractivity contribution in [2.45, 2.75) is 32.7 Å². The molecule has 2 rings (SSSR count). The molecule has 1 unspecified atom stereocenters. The second kappa shape index (κ2) is 10.7. The second-order valence-corrected chi connectivity index (χ2v) is 6.68. The molecular formula is C20H29N3O4. The van der Waals surface area contributed by atoms with Crippen molar-refractivity contribution in [2.24, 2.45) is 0 Å². The Kier molecular flexibility index (Phi) is 8.26. The fourth-order valence-electron chi connectivity index (χ4n) is 3.25. The van der Waals surface area contributed by atoms with Gasteiger partial charge in [-0.3, -0.25) is 19.3 Å². The number of benzene rings is 1. The van der Waals surface area contributed by atoms with Crippen LogP contribution >= 0.6 is 0 Å². The number of ether oxygens (including phenoxy) is 1. The molecule has 7 nitrogen and oxygen atoms in total. The summed E-state index contributed by atoms with van der Waals surface area (Å²) >= 11 is 0. The quantitative estimate of drug-likeness (QED) is 0.728. The average molecular weight is 375 g/mol. The molecule has 2 amide bonds. The van der Waals surface area contributed by atoms with Gasteiger partial charge in [0.2, 0.25) is 11.8 Å². The highest BCUT2D eigenvalue weighted by Crippen LogP contribution is 2.18. The van der Waals surface area contributed by atoms with Crippen LogP contribution in [0.2, 0.25) is 0 Å². The molecule has 1 atom stereocenters. The lowest BCUT2D eigenvalue weighted by Gasteiger charge is -2.25. The van der Waals surface area contributed by atoms with Crippen molar-refractivity contribution in [1.29, 1.82) is 0 Å². The van der Waals surface area contributed by atoms with E-state index in [-0.39, 0.29) is 36.8 Å². The van der Waals surface area contributed by atoms with Crippen LogP contribution < -0.4 is 5.32 Å². The van der Waals surface area contributed by atoms with Crippen molar-refractivity contribution in [3.05, 3.63) is 35.9 Å². The minimum absolute atomic E-state index is 0.00980. The average Bonchev–Trinajstić information content (AvgIpc) is 2.87. The van der Waals surface area contributed by atoms with Gasteiger partial charge in [0.25, 0.3) is 0 Å². The molecule has 7 heteroatoms. The zero-order valence-electron chi connectivity index (χ0n) is 16.1. The van der Waals surface area contributed by atoms with Crippen LogP contribution in [0.1, 0.15) is 38.3 Å². The van der Waals surface area contributed by atoms with Crippen LogP contribution in [0.25, 0.3) is 0 Å². The van der Waals surface area contributed by atoms with Gasteiger partial charge in [-0.25, -0.2) is 0 Å². The Bertz CT molecular complexity index is 635. The van der Waals surface area contributed by atoms with Gasteiger partial charge in [-0.15, -0.1) is 0 Å². The molecule has 0 saturated carbocycles. The fraction of sp³-hybridized carbons (Fsp3) is 0.550. The van der Waals surface area contributed by atoms with E-state index >= 15 is 0 Å². The Morgan fingerprint density at radius 2 is 1.85 bits per heavy atom. The molecule has 0 spiro atoms. The first kappa shape index (κ1) is 20.9.